The summed E-state index contributed by atoms with van der Waals surface area (Å²) in [6.07, 6.45) is 6.68. The molecule has 2 N–H and O–H groups in total. The number of terminal acetylenes is 1. The van der Waals surface area contributed by atoms with Crippen molar-refractivity contribution in [2.75, 3.05) is 20.3 Å². The standard InChI is InChI=1S/C23H19Cl2N3O5S/c1-4-8-33-20-16(25)9-13(10-18(20)32-5-2)11-19(22(29)30)34-23-26-21(27-28-23)15-12-14(24)6-7-17(15)31-3/h1,6-7,9-12H,5,8H2,2-3H3,(H,29,30)(H,26,27,28)/b19-11-. The highest BCUT2D eigenvalue weighted by Gasteiger charge is 2.18. The van der Waals surface area contributed by atoms with Crippen LogP contribution in [-0.4, -0.2) is 46.6 Å². The van der Waals surface area contributed by atoms with Crippen LogP contribution in [-0.2, 0) is 4.79 Å². The van der Waals surface area contributed by atoms with Gasteiger partial charge >= 0.3 is 5.97 Å². The molecule has 0 radical (unpaired) electrons. The van der Waals surface area contributed by atoms with Crippen LogP contribution in [0, 0.1) is 12.3 Å². The second-order valence-corrected chi connectivity index (χ2v) is 8.34. The molecule has 8 nitrogen and oxygen atoms in total. The van der Waals surface area contributed by atoms with Crippen LogP contribution in [0.4, 0.5) is 0 Å². The number of benzene rings is 2. The van der Waals surface area contributed by atoms with Crippen LogP contribution < -0.4 is 14.2 Å². The topological polar surface area (TPSA) is 107 Å². The maximum atomic E-state index is 11.9. The molecule has 0 atom stereocenters. The van der Waals surface area contributed by atoms with Crippen molar-refractivity contribution >= 4 is 47.0 Å². The highest BCUT2D eigenvalue weighted by Crippen LogP contribution is 2.38. The predicted octanol–water partition coefficient (Wildman–Crippen LogP) is 5.42. The molecule has 0 saturated carbocycles. The summed E-state index contributed by atoms with van der Waals surface area (Å²) in [4.78, 5) is 16.3. The summed E-state index contributed by atoms with van der Waals surface area (Å²) in [6.45, 7) is 2.16. The Morgan fingerprint density at radius 1 is 1.26 bits per heavy atom. The molecule has 0 saturated heterocycles. The number of ether oxygens (including phenoxy) is 3. The molecule has 0 fully saturated rings. The van der Waals surface area contributed by atoms with Crippen molar-refractivity contribution in [3.8, 4) is 41.0 Å². The zero-order valence-electron chi connectivity index (χ0n) is 18.1. The van der Waals surface area contributed by atoms with Gasteiger partial charge in [0.15, 0.2) is 17.3 Å². The lowest BCUT2D eigenvalue weighted by molar-refractivity contribution is -0.131. The second-order valence-electron chi connectivity index (χ2n) is 6.48. The van der Waals surface area contributed by atoms with Crippen LogP contribution in [0.25, 0.3) is 17.5 Å². The van der Waals surface area contributed by atoms with E-state index < -0.39 is 5.97 Å². The Labute approximate surface area is 210 Å². The van der Waals surface area contributed by atoms with Gasteiger partial charge in [-0.15, -0.1) is 11.5 Å². The van der Waals surface area contributed by atoms with Crippen LogP contribution in [0.5, 0.6) is 17.2 Å². The molecule has 0 bridgehead atoms. The van der Waals surface area contributed by atoms with Gasteiger partial charge in [0.25, 0.3) is 0 Å². The van der Waals surface area contributed by atoms with Crippen molar-refractivity contribution in [2.24, 2.45) is 0 Å². The molecule has 2 aromatic carbocycles. The summed E-state index contributed by atoms with van der Waals surface area (Å²) in [5.41, 5.74) is 1.07. The number of carbonyl (C=O) groups is 1. The highest BCUT2D eigenvalue weighted by atomic mass is 35.5. The lowest BCUT2D eigenvalue weighted by atomic mass is 10.2. The van der Waals surface area contributed by atoms with E-state index in [9.17, 15) is 9.90 Å². The van der Waals surface area contributed by atoms with Gasteiger partial charge in [-0.1, -0.05) is 29.1 Å². The summed E-state index contributed by atoms with van der Waals surface area (Å²) >= 11 is 13.3. The van der Waals surface area contributed by atoms with E-state index in [0.717, 1.165) is 11.8 Å². The first-order valence-corrected chi connectivity index (χ1v) is 11.3. The fourth-order valence-corrected chi connectivity index (χ4v) is 4.00. The van der Waals surface area contributed by atoms with Crippen molar-refractivity contribution < 1.29 is 24.1 Å². The van der Waals surface area contributed by atoms with Crippen molar-refractivity contribution in [3.05, 3.63) is 50.8 Å². The zero-order valence-corrected chi connectivity index (χ0v) is 20.4. The Hall–Kier alpha value is -3.32. The number of carboxylic acid groups (broad SMARTS) is 1. The molecule has 0 spiro atoms. The number of methoxy groups -OCH3 is 1. The molecule has 176 valence electrons. The number of rotatable bonds is 10. The third kappa shape index (κ3) is 6.17. The number of thioether (sulfide) groups is 1. The average molecular weight is 520 g/mol. The van der Waals surface area contributed by atoms with Gasteiger partial charge in [-0.2, -0.15) is 0 Å². The molecule has 0 aliphatic carbocycles. The minimum atomic E-state index is -1.17. The number of H-pyrrole nitrogens is 1. The molecule has 0 amide bonds. The molecule has 0 unspecified atom stereocenters. The van der Waals surface area contributed by atoms with E-state index in [4.69, 9.17) is 43.8 Å². The molecular formula is C23H19Cl2N3O5S. The van der Waals surface area contributed by atoms with Crippen LogP contribution in [0.3, 0.4) is 0 Å². The number of aromatic nitrogens is 3. The van der Waals surface area contributed by atoms with E-state index in [2.05, 4.69) is 21.1 Å². The number of hydrogen-bond acceptors (Lipinski definition) is 7. The van der Waals surface area contributed by atoms with Crippen molar-refractivity contribution in [3.63, 3.8) is 0 Å². The van der Waals surface area contributed by atoms with Gasteiger partial charge < -0.3 is 19.3 Å². The maximum absolute atomic E-state index is 11.9. The Kier molecular flexibility index (Phi) is 8.71. The molecular weight excluding hydrogens is 501 g/mol. The van der Waals surface area contributed by atoms with Gasteiger partial charge in [-0.3, -0.25) is 5.10 Å². The number of nitrogens with one attached hydrogen (secondary N) is 1. The van der Waals surface area contributed by atoms with E-state index in [1.165, 1.54) is 13.2 Å². The second kappa shape index (κ2) is 11.7. The SMILES string of the molecule is C#CCOc1c(Cl)cc(/C=C(\Sc2n[nH]c(-c3cc(Cl)ccc3OC)n2)C(=O)O)cc1OCC. The first-order valence-electron chi connectivity index (χ1n) is 9.78. The Balaban J connectivity index is 1.92. The molecule has 34 heavy (non-hydrogen) atoms. The van der Waals surface area contributed by atoms with Gasteiger partial charge in [0, 0.05) is 5.02 Å². The van der Waals surface area contributed by atoms with E-state index in [-0.39, 0.29) is 27.4 Å². The van der Waals surface area contributed by atoms with Gasteiger partial charge in [0.1, 0.15) is 17.3 Å². The molecule has 3 rings (SSSR count). The number of carboxylic acids is 1. The molecule has 3 aromatic rings. The number of aliphatic carboxylic acids is 1. The Morgan fingerprint density at radius 3 is 2.74 bits per heavy atom. The largest absolute Gasteiger partial charge is 0.496 e. The number of aromatic amines is 1. The first-order chi connectivity index (χ1) is 16.4. The predicted molar refractivity (Wildman–Crippen MR) is 132 cm³/mol. The van der Waals surface area contributed by atoms with Gasteiger partial charge in [0.05, 0.1) is 24.3 Å². The Morgan fingerprint density at radius 2 is 2.06 bits per heavy atom. The number of halogens is 2. The summed E-state index contributed by atoms with van der Waals surface area (Å²) < 4.78 is 16.4. The van der Waals surface area contributed by atoms with Crippen LogP contribution in [0.1, 0.15) is 12.5 Å². The maximum Gasteiger partial charge on any atom is 0.342 e. The smallest absolute Gasteiger partial charge is 0.342 e. The minimum Gasteiger partial charge on any atom is -0.496 e. The first kappa shape index (κ1) is 25.3. The van der Waals surface area contributed by atoms with E-state index in [0.29, 0.717) is 40.1 Å². The molecule has 11 heteroatoms. The van der Waals surface area contributed by atoms with Gasteiger partial charge in [-0.05, 0) is 60.7 Å². The monoisotopic (exact) mass is 519 g/mol. The van der Waals surface area contributed by atoms with E-state index in [1.54, 1.807) is 37.3 Å². The normalized spacial score (nSPS) is 11.1. The number of nitrogens with zero attached hydrogens (tertiary/aromatic N) is 2. The fraction of sp³-hybridized carbons (Fsp3) is 0.174. The Bertz CT molecular complexity index is 1270. The van der Waals surface area contributed by atoms with Crippen LogP contribution in [0.15, 0.2) is 40.4 Å². The van der Waals surface area contributed by atoms with Gasteiger partial charge in [0.2, 0.25) is 5.16 Å². The molecule has 1 heterocycles. The zero-order chi connectivity index (χ0) is 24.7. The fourth-order valence-electron chi connectivity index (χ4n) is 2.85. The lowest BCUT2D eigenvalue weighted by Crippen LogP contribution is -2.01. The summed E-state index contributed by atoms with van der Waals surface area (Å²) in [7, 11) is 1.52. The third-order valence-corrected chi connectivity index (χ3v) is 5.62. The third-order valence-electron chi connectivity index (χ3n) is 4.22. The van der Waals surface area contributed by atoms with E-state index >= 15 is 0 Å². The number of hydrogen-bond donors (Lipinski definition) is 2. The van der Waals surface area contributed by atoms with Crippen LogP contribution in [0.2, 0.25) is 10.0 Å². The highest BCUT2D eigenvalue weighted by molar-refractivity contribution is 8.04. The van der Waals surface area contributed by atoms with E-state index in [1.807, 2.05) is 0 Å². The molecule has 0 aliphatic rings. The average Bonchev–Trinajstić information content (AvgIpc) is 3.26. The summed E-state index contributed by atoms with van der Waals surface area (Å²) in [5, 5.41) is 17.5. The summed E-state index contributed by atoms with van der Waals surface area (Å²) in [5.74, 6) is 2.75. The quantitative estimate of drug-likeness (QED) is 0.208. The van der Waals surface area contributed by atoms with Crippen molar-refractivity contribution in [1.82, 2.24) is 15.2 Å². The molecule has 1 aromatic heterocycles. The molecule has 0 aliphatic heterocycles. The minimum absolute atomic E-state index is 0.00970. The van der Waals surface area contributed by atoms with Gasteiger partial charge in [-0.25, -0.2) is 9.78 Å². The van der Waals surface area contributed by atoms with Crippen molar-refractivity contribution in [1.29, 1.82) is 0 Å². The van der Waals surface area contributed by atoms with Crippen LogP contribution >= 0.6 is 35.0 Å². The lowest BCUT2D eigenvalue weighted by Gasteiger charge is -2.13. The summed E-state index contributed by atoms with van der Waals surface area (Å²) in [6, 6.07) is 8.23. The van der Waals surface area contributed by atoms with Crippen molar-refractivity contribution in [2.45, 2.75) is 12.1 Å².